The highest BCUT2D eigenvalue weighted by molar-refractivity contribution is 7.17. The van der Waals surface area contributed by atoms with Crippen molar-refractivity contribution in [3.8, 4) is 5.69 Å². The number of nitro groups is 1. The molecule has 4 aromatic heterocycles. The van der Waals surface area contributed by atoms with Crippen molar-refractivity contribution in [3.63, 3.8) is 0 Å². The van der Waals surface area contributed by atoms with Crippen molar-refractivity contribution < 1.29 is 4.92 Å². The lowest BCUT2D eigenvalue weighted by Crippen LogP contribution is -2.19. The zero-order valence-corrected chi connectivity index (χ0v) is 14.0. The quantitative estimate of drug-likeness (QED) is 0.354. The molecule has 4 heterocycles. The number of benzene rings is 1. The number of non-ortho nitro benzene ring substituents is 1. The molecule has 5 rings (SSSR count). The Morgan fingerprint density at radius 2 is 1.88 bits per heavy atom. The van der Waals surface area contributed by atoms with E-state index in [0.717, 1.165) is 16.6 Å². The molecule has 0 amide bonds. The van der Waals surface area contributed by atoms with Crippen LogP contribution < -0.4 is 5.56 Å². The molecule has 0 unspecified atom stereocenters. The maximum Gasteiger partial charge on any atom is 0.274 e. The third-order valence-corrected chi connectivity index (χ3v) is 5.26. The van der Waals surface area contributed by atoms with E-state index >= 15 is 0 Å². The average Bonchev–Trinajstić information content (AvgIpc) is 3.27. The fourth-order valence-electron chi connectivity index (χ4n) is 3.20. The number of hydrogen-bond donors (Lipinski definition) is 0. The Morgan fingerprint density at radius 3 is 2.65 bits per heavy atom. The fourth-order valence-corrected chi connectivity index (χ4v) is 4.02. The molecule has 0 aliphatic rings. The Labute approximate surface area is 149 Å². The maximum absolute atomic E-state index is 13.2. The van der Waals surface area contributed by atoms with E-state index in [9.17, 15) is 14.9 Å². The first-order chi connectivity index (χ1) is 12.6. The van der Waals surface area contributed by atoms with Crippen LogP contribution in [0.3, 0.4) is 0 Å². The first-order valence-electron chi connectivity index (χ1n) is 7.79. The number of aromatic nitrogens is 3. The Kier molecular flexibility index (Phi) is 2.98. The molecule has 8 heteroatoms. The van der Waals surface area contributed by atoms with Gasteiger partial charge in [0.15, 0.2) is 5.65 Å². The minimum atomic E-state index is -0.459. The van der Waals surface area contributed by atoms with Crippen LogP contribution in [-0.2, 0) is 0 Å². The van der Waals surface area contributed by atoms with Crippen LogP contribution in [0.15, 0.2) is 64.9 Å². The standard InChI is InChI=1S/C18H10N4O3S/c23-18-16-13(8-10-26-16)15-17(20-9-2-1-3-14(20)19-15)21(18)11-4-6-12(7-5-11)22(24)25/h1-10H. The summed E-state index contributed by atoms with van der Waals surface area (Å²) in [6.07, 6.45) is 1.85. The number of nitro benzene ring substituents is 1. The van der Waals surface area contributed by atoms with E-state index in [4.69, 9.17) is 4.98 Å². The SMILES string of the molecule is O=c1c2sccc2c2nc3ccccn3c2n1-c1ccc([N+](=O)[O-])cc1. The van der Waals surface area contributed by atoms with E-state index in [2.05, 4.69) is 0 Å². The number of thiophene rings is 1. The molecule has 0 saturated carbocycles. The van der Waals surface area contributed by atoms with Crippen molar-refractivity contribution in [2.45, 2.75) is 0 Å². The highest BCUT2D eigenvalue weighted by Gasteiger charge is 2.18. The van der Waals surface area contributed by atoms with Crippen LogP contribution >= 0.6 is 11.3 Å². The minimum Gasteiger partial charge on any atom is -0.285 e. The topological polar surface area (TPSA) is 82.4 Å². The average molecular weight is 362 g/mol. The molecule has 0 radical (unpaired) electrons. The number of fused-ring (bicyclic) bond motifs is 5. The highest BCUT2D eigenvalue weighted by atomic mass is 32.1. The molecule has 0 bridgehead atoms. The lowest BCUT2D eigenvalue weighted by Gasteiger charge is -2.09. The molecule has 0 spiro atoms. The third kappa shape index (κ3) is 1.93. The van der Waals surface area contributed by atoms with Gasteiger partial charge in [0.2, 0.25) is 0 Å². The second kappa shape index (κ2) is 5.24. The van der Waals surface area contributed by atoms with E-state index in [1.165, 1.54) is 23.5 Å². The van der Waals surface area contributed by atoms with Gasteiger partial charge in [-0.15, -0.1) is 11.3 Å². The van der Waals surface area contributed by atoms with E-state index in [1.807, 2.05) is 40.2 Å². The monoisotopic (exact) mass is 362 g/mol. The van der Waals surface area contributed by atoms with Gasteiger partial charge < -0.3 is 0 Å². The van der Waals surface area contributed by atoms with E-state index in [1.54, 1.807) is 16.7 Å². The van der Waals surface area contributed by atoms with Crippen LogP contribution in [0.1, 0.15) is 0 Å². The van der Waals surface area contributed by atoms with Crippen molar-refractivity contribution >= 4 is 43.9 Å². The van der Waals surface area contributed by atoms with E-state index < -0.39 is 4.92 Å². The normalized spacial score (nSPS) is 11.5. The summed E-state index contributed by atoms with van der Waals surface area (Å²) in [5.41, 5.74) is 2.48. The molecular formula is C18H10N4O3S. The number of nitrogens with zero attached hydrogens (tertiary/aromatic N) is 4. The van der Waals surface area contributed by atoms with Gasteiger partial charge in [-0.3, -0.25) is 23.9 Å². The number of imidazole rings is 1. The molecule has 0 aliphatic heterocycles. The van der Waals surface area contributed by atoms with Gasteiger partial charge in [0.05, 0.1) is 10.6 Å². The zero-order chi connectivity index (χ0) is 17.8. The lowest BCUT2D eigenvalue weighted by atomic mass is 10.2. The van der Waals surface area contributed by atoms with Gasteiger partial charge in [-0.2, -0.15) is 0 Å². The summed E-state index contributed by atoms with van der Waals surface area (Å²) in [6, 6.07) is 13.5. The number of hydrogen-bond acceptors (Lipinski definition) is 5. The molecule has 7 nitrogen and oxygen atoms in total. The van der Waals surface area contributed by atoms with Crippen molar-refractivity contribution in [3.05, 3.63) is 80.6 Å². The summed E-state index contributed by atoms with van der Waals surface area (Å²) in [7, 11) is 0. The van der Waals surface area contributed by atoms with Crippen molar-refractivity contribution in [1.29, 1.82) is 0 Å². The molecule has 0 atom stereocenters. The number of rotatable bonds is 2. The summed E-state index contributed by atoms with van der Waals surface area (Å²) in [6.45, 7) is 0. The van der Waals surface area contributed by atoms with Crippen molar-refractivity contribution in [2.24, 2.45) is 0 Å². The number of pyridine rings is 2. The van der Waals surface area contributed by atoms with Crippen molar-refractivity contribution in [1.82, 2.24) is 14.0 Å². The predicted octanol–water partition coefficient (Wildman–Crippen LogP) is 3.76. The smallest absolute Gasteiger partial charge is 0.274 e. The molecule has 126 valence electrons. The van der Waals surface area contributed by atoms with Gasteiger partial charge in [0.1, 0.15) is 15.9 Å². The minimum absolute atomic E-state index is 0.0200. The van der Waals surface area contributed by atoms with Gasteiger partial charge >= 0.3 is 0 Å². The van der Waals surface area contributed by atoms with Crippen molar-refractivity contribution in [2.75, 3.05) is 0 Å². The first-order valence-corrected chi connectivity index (χ1v) is 8.67. The zero-order valence-electron chi connectivity index (χ0n) is 13.2. The summed E-state index contributed by atoms with van der Waals surface area (Å²) >= 11 is 1.36. The second-order valence-corrected chi connectivity index (χ2v) is 6.71. The van der Waals surface area contributed by atoms with Gasteiger partial charge in [-0.1, -0.05) is 6.07 Å². The molecule has 5 aromatic rings. The maximum atomic E-state index is 13.2. The lowest BCUT2D eigenvalue weighted by molar-refractivity contribution is -0.384. The highest BCUT2D eigenvalue weighted by Crippen LogP contribution is 2.29. The van der Waals surface area contributed by atoms with Gasteiger partial charge in [-0.25, -0.2) is 4.98 Å². The Bertz CT molecular complexity index is 1380. The molecule has 0 fully saturated rings. The van der Waals surface area contributed by atoms with Crippen LogP contribution in [0, 0.1) is 10.1 Å². The molecule has 0 aliphatic carbocycles. The van der Waals surface area contributed by atoms with Gasteiger partial charge in [0, 0.05) is 23.7 Å². The molecule has 1 aromatic carbocycles. The fraction of sp³-hybridized carbons (Fsp3) is 0. The Balaban J connectivity index is 1.97. The van der Waals surface area contributed by atoms with Crippen LogP contribution in [0.2, 0.25) is 0 Å². The van der Waals surface area contributed by atoms with Crippen LogP contribution in [0.25, 0.3) is 32.6 Å². The van der Waals surface area contributed by atoms with Crippen LogP contribution in [0.4, 0.5) is 5.69 Å². The van der Waals surface area contributed by atoms with E-state index in [-0.39, 0.29) is 11.2 Å². The summed E-state index contributed by atoms with van der Waals surface area (Å²) < 4.78 is 4.03. The molecular weight excluding hydrogens is 352 g/mol. The second-order valence-electron chi connectivity index (χ2n) is 5.79. The largest absolute Gasteiger partial charge is 0.285 e. The molecule has 26 heavy (non-hydrogen) atoms. The third-order valence-electron chi connectivity index (χ3n) is 4.35. The Hall–Kier alpha value is -3.52. The van der Waals surface area contributed by atoms with Gasteiger partial charge in [-0.05, 0) is 35.7 Å². The Morgan fingerprint density at radius 1 is 1.08 bits per heavy atom. The summed E-state index contributed by atoms with van der Waals surface area (Å²) in [4.78, 5) is 28.3. The summed E-state index contributed by atoms with van der Waals surface area (Å²) in [5, 5.41) is 13.6. The molecule has 0 saturated heterocycles. The summed E-state index contributed by atoms with van der Waals surface area (Å²) in [5.74, 6) is 0. The van der Waals surface area contributed by atoms with Crippen LogP contribution in [0.5, 0.6) is 0 Å². The predicted molar refractivity (Wildman–Crippen MR) is 100 cm³/mol. The first kappa shape index (κ1) is 14.8. The van der Waals surface area contributed by atoms with E-state index in [0.29, 0.717) is 16.0 Å². The van der Waals surface area contributed by atoms with Gasteiger partial charge in [0.25, 0.3) is 11.2 Å². The van der Waals surface area contributed by atoms with Crippen LogP contribution in [-0.4, -0.2) is 18.9 Å². The molecule has 0 N–H and O–H groups in total.